The van der Waals surface area contributed by atoms with E-state index in [4.69, 9.17) is 0 Å². The van der Waals surface area contributed by atoms with Gasteiger partial charge in [-0.05, 0) is 11.6 Å². The van der Waals surface area contributed by atoms with Crippen LogP contribution >= 0.6 is 0 Å². The molecule has 1 heterocycles. The van der Waals surface area contributed by atoms with E-state index in [2.05, 4.69) is 15.0 Å². The number of halogens is 1. The molecule has 0 atom stereocenters. The van der Waals surface area contributed by atoms with Crippen molar-refractivity contribution in [2.75, 3.05) is 13.7 Å². The first-order valence-electron chi connectivity index (χ1n) is 4.09. The fourth-order valence-corrected chi connectivity index (χ4v) is 0.934. The minimum atomic E-state index is -0.387. The quantitative estimate of drug-likeness (QED) is 0.715. The monoisotopic (exact) mass is 198 g/mol. The molecule has 0 aliphatic rings. The standard InChI is InChI=1S/C9H11FN2O2/c1-14-9(13)6-12-4-7-2-8(10)5-11-3-7/h2-3,5,12H,4,6H2,1H3. The van der Waals surface area contributed by atoms with Gasteiger partial charge in [-0.2, -0.15) is 0 Å². The molecule has 0 aromatic carbocycles. The molecular weight excluding hydrogens is 187 g/mol. The van der Waals surface area contributed by atoms with Gasteiger partial charge in [0.1, 0.15) is 5.82 Å². The molecule has 0 radical (unpaired) electrons. The van der Waals surface area contributed by atoms with Crippen molar-refractivity contribution in [2.24, 2.45) is 0 Å². The lowest BCUT2D eigenvalue weighted by Crippen LogP contribution is -2.23. The van der Waals surface area contributed by atoms with Crippen molar-refractivity contribution < 1.29 is 13.9 Å². The molecule has 0 unspecified atom stereocenters. The SMILES string of the molecule is COC(=O)CNCc1cncc(F)c1. The molecular formula is C9H11FN2O2. The number of nitrogens with zero attached hydrogens (tertiary/aromatic N) is 1. The van der Waals surface area contributed by atoms with Crippen molar-refractivity contribution in [3.63, 3.8) is 0 Å². The lowest BCUT2D eigenvalue weighted by Gasteiger charge is -2.02. The minimum absolute atomic E-state index is 0.104. The number of carbonyl (C=O) groups is 1. The van der Waals surface area contributed by atoms with Crippen molar-refractivity contribution in [2.45, 2.75) is 6.54 Å². The van der Waals surface area contributed by atoms with E-state index in [1.807, 2.05) is 0 Å². The Kier molecular flexibility index (Phi) is 4.00. The Morgan fingerprint density at radius 2 is 2.43 bits per heavy atom. The number of hydrogen-bond donors (Lipinski definition) is 1. The first-order valence-corrected chi connectivity index (χ1v) is 4.09. The molecule has 0 amide bonds. The second-order valence-corrected chi connectivity index (χ2v) is 2.69. The lowest BCUT2D eigenvalue weighted by atomic mass is 10.3. The molecule has 1 aromatic heterocycles. The molecule has 0 saturated heterocycles. The summed E-state index contributed by atoms with van der Waals surface area (Å²) >= 11 is 0. The maximum atomic E-state index is 12.6. The fraction of sp³-hybridized carbons (Fsp3) is 0.333. The summed E-state index contributed by atoms with van der Waals surface area (Å²) in [7, 11) is 1.31. The van der Waals surface area contributed by atoms with Crippen molar-refractivity contribution in [1.29, 1.82) is 0 Å². The van der Waals surface area contributed by atoms with Crippen LogP contribution in [0.2, 0.25) is 0 Å². The van der Waals surface area contributed by atoms with Crippen molar-refractivity contribution in [3.05, 3.63) is 29.8 Å². The molecule has 1 N–H and O–H groups in total. The number of pyridine rings is 1. The molecule has 1 aromatic rings. The third-order valence-corrected chi connectivity index (χ3v) is 1.59. The number of methoxy groups -OCH3 is 1. The maximum Gasteiger partial charge on any atom is 0.319 e. The van der Waals surface area contributed by atoms with Crippen LogP contribution in [0, 0.1) is 5.82 Å². The molecule has 0 fully saturated rings. The number of aromatic nitrogens is 1. The minimum Gasteiger partial charge on any atom is -0.468 e. The lowest BCUT2D eigenvalue weighted by molar-refractivity contribution is -0.139. The Morgan fingerprint density at radius 1 is 1.64 bits per heavy atom. The third-order valence-electron chi connectivity index (χ3n) is 1.59. The van der Waals surface area contributed by atoms with Gasteiger partial charge in [0.15, 0.2) is 0 Å². The van der Waals surface area contributed by atoms with Crippen LogP contribution in [0.1, 0.15) is 5.56 Å². The molecule has 1 rings (SSSR count). The van der Waals surface area contributed by atoms with E-state index in [0.29, 0.717) is 12.1 Å². The van der Waals surface area contributed by atoms with Crippen LogP contribution in [-0.4, -0.2) is 24.6 Å². The molecule has 5 heteroatoms. The van der Waals surface area contributed by atoms with E-state index in [1.165, 1.54) is 19.4 Å². The average Bonchev–Trinajstić information content (AvgIpc) is 2.17. The van der Waals surface area contributed by atoms with Crippen LogP contribution in [0.5, 0.6) is 0 Å². The summed E-state index contributed by atoms with van der Waals surface area (Å²) in [6, 6.07) is 1.36. The van der Waals surface area contributed by atoms with E-state index in [1.54, 1.807) is 0 Å². The number of hydrogen-bond acceptors (Lipinski definition) is 4. The van der Waals surface area contributed by atoms with Crippen LogP contribution < -0.4 is 5.32 Å². The Labute approximate surface area is 81.1 Å². The van der Waals surface area contributed by atoms with Gasteiger partial charge in [0.2, 0.25) is 0 Å². The topological polar surface area (TPSA) is 51.2 Å². The first kappa shape index (κ1) is 10.6. The number of rotatable bonds is 4. The molecule has 76 valence electrons. The van der Waals surface area contributed by atoms with Gasteiger partial charge < -0.3 is 10.1 Å². The summed E-state index contributed by atoms with van der Waals surface area (Å²) in [4.78, 5) is 14.4. The van der Waals surface area contributed by atoms with E-state index in [9.17, 15) is 9.18 Å². The molecule has 0 spiro atoms. The van der Waals surface area contributed by atoms with Gasteiger partial charge in [0.25, 0.3) is 0 Å². The van der Waals surface area contributed by atoms with Gasteiger partial charge >= 0.3 is 5.97 Å². The zero-order chi connectivity index (χ0) is 10.4. The Morgan fingerprint density at radius 3 is 3.07 bits per heavy atom. The Bertz CT molecular complexity index is 317. The normalized spacial score (nSPS) is 9.86. The first-order chi connectivity index (χ1) is 6.72. The Hall–Kier alpha value is -1.49. The maximum absolute atomic E-state index is 12.6. The summed E-state index contributed by atoms with van der Waals surface area (Å²) in [6.07, 6.45) is 2.66. The van der Waals surface area contributed by atoms with Gasteiger partial charge in [-0.25, -0.2) is 4.39 Å². The molecule has 0 saturated carbocycles. The summed E-state index contributed by atoms with van der Waals surface area (Å²) < 4.78 is 17.1. The van der Waals surface area contributed by atoms with E-state index >= 15 is 0 Å². The van der Waals surface area contributed by atoms with Crippen molar-refractivity contribution in [1.82, 2.24) is 10.3 Å². The second-order valence-electron chi connectivity index (χ2n) is 2.69. The summed E-state index contributed by atoms with van der Waals surface area (Å²) in [5, 5.41) is 2.80. The van der Waals surface area contributed by atoms with Gasteiger partial charge in [-0.15, -0.1) is 0 Å². The molecule has 0 aliphatic heterocycles. The highest BCUT2D eigenvalue weighted by molar-refractivity contribution is 5.71. The summed E-state index contributed by atoms with van der Waals surface area (Å²) in [6.45, 7) is 0.493. The fourth-order valence-electron chi connectivity index (χ4n) is 0.934. The van der Waals surface area contributed by atoms with Crippen LogP contribution in [0.4, 0.5) is 4.39 Å². The van der Waals surface area contributed by atoms with Crippen LogP contribution in [0.25, 0.3) is 0 Å². The summed E-state index contributed by atoms with van der Waals surface area (Å²) in [5.41, 5.74) is 0.689. The third kappa shape index (κ3) is 3.49. The van der Waals surface area contributed by atoms with Crippen molar-refractivity contribution in [3.8, 4) is 0 Å². The Balaban J connectivity index is 2.35. The number of ether oxygens (including phenoxy) is 1. The molecule has 0 aliphatic carbocycles. The van der Waals surface area contributed by atoms with E-state index < -0.39 is 0 Å². The zero-order valence-electron chi connectivity index (χ0n) is 7.79. The average molecular weight is 198 g/mol. The van der Waals surface area contributed by atoms with Crippen LogP contribution in [0.3, 0.4) is 0 Å². The predicted molar refractivity (Wildman–Crippen MR) is 47.9 cm³/mol. The van der Waals surface area contributed by atoms with Gasteiger partial charge in [-0.1, -0.05) is 0 Å². The van der Waals surface area contributed by atoms with Crippen molar-refractivity contribution >= 4 is 5.97 Å². The smallest absolute Gasteiger partial charge is 0.319 e. The van der Waals surface area contributed by atoms with Gasteiger partial charge in [-0.3, -0.25) is 9.78 Å². The highest BCUT2D eigenvalue weighted by atomic mass is 19.1. The highest BCUT2D eigenvalue weighted by Crippen LogP contribution is 1.99. The van der Waals surface area contributed by atoms with Crippen LogP contribution in [-0.2, 0) is 16.1 Å². The zero-order valence-corrected chi connectivity index (χ0v) is 7.79. The van der Waals surface area contributed by atoms with E-state index in [-0.39, 0.29) is 18.3 Å². The van der Waals surface area contributed by atoms with Gasteiger partial charge in [0, 0.05) is 12.7 Å². The second kappa shape index (κ2) is 5.29. The number of carbonyl (C=O) groups excluding carboxylic acids is 1. The van der Waals surface area contributed by atoms with E-state index in [0.717, 1.165) is 6.20 Å². The van der Waals surface area contributed by atoms with Gasteiger partial charge in [0.05, 0.1) is 19.9 Å². The molecule has 14 heavy (non-hydrogen) atoms. The largest absolute Gasteiger partial charge is 0.468 e. The molecule has 0 bridgehead atoms. The van der Waals surface area contributed by atoms with Crippen LogP contribution in [0.15, 0.2) is 18.5 Å². The predicted octanol–water partition coefficient (Wildman–Crippen LogP) is 0.483. The summed E-state index contributed by atoms with van der Waals surface area (Å²) in [5.74, 6) is -0.739. The number of nitrogens with one attached hydrogen (secondary N) is 1. The molecule has 4 nitrogen and oxygen atoms in total. The highest BCUT2D eigenvalue weighted by Gasteiger charge is 1.99. The number of esters is 1.